The summed E-state index contributed by atoms with van der Waals surface area (Å²) in [5.41, 5.74) is 5.37. The van der Waals surface area contributed by atoms with Crippen molar-refractivity contribution in [3.8, 4) is 0 Å². The van der Waals surface area contributed by atoms with Crippen LogP contribution in [-0.2, 0) is 14.3 Å². The lowest BCUT2D eigenvalue weighted by molar-refractivity contribution is -0.139. The number of rotatable bonds is 9. The molecule has 1 unspecified atom stereocenters. The Balaban J connectivity index is 3.48. The maximum Gasteiger partial charge on any atom is 0.305 e. The number of ether oxygens (including phenoxy) is 1. The summed E-state index contributed by atoms with van der Waals surface area (Å²) < 4.78 is 5.28. The quantitative estimate of drug-likeness (QED) is 0.496. The fourth-order valence-electron chi connectivity index (χ4n) is 1.08. The predicted octanol–water partition coefficient (Wildman–Crippen LogP) is -0.0327. The van der Waals surface area contributed by atoms with E-state index in [1.807, 2.05) is 0 Å². The molecule has 0 radical (unpaired) electrons. The second-order valence-corrected chi connectivity index (χ2v) is 4.29. The summed E-state index contributed by atoms with van der Waals surface area (Å²) in [4.78, 5) is 21.6. The largest absolute Gasteiger partial charge is 0.481 e. The van der Waals surface area contributed by atoms with E-state index in [4.69, 9.17) is 15.6 Å². The first-order valence-corrected chi connectivity index (χ1v) is 5.76. The lowest BCUT2D eigenvalue weighted by Crippen LogP contribution is -2.43. The standard InChI is InChI=1S/C11H22N2O4/c1-8(2)3-5-17-6-4-13-11(16)9(12)7-10(14)15/h8-9H,3-7,12H2,1-2H3,(H,13,16)(H,14,15). The predicted molar refractivity (Wildman–Crippen MR) is 63.5 cm³/mol. The van der Waals surface area contributed by atoms with Crippen LogP contribution in [0.5, 0.6) is 0 Å². The highest BCUT2D eigenvalue weighted by atomic mass is 16.5. The van der Waals surface area contributed by atoms with E-state index in [2.05, 4.69) is 19.2 Å². The monoisotopic (exact) mass is 246 g/mol. The van der Waals surface area contributed by atoms with Gasteiger partial charge in [0.25, 0.3) is 0 Å². The van der Waals surface area contributed by atoms with E-state index in [1.54, 1.807) is 0 Å². The summed E-state index contributed by atoms with van der Waals surface area (Å²) >= 11 is 0. The van der Waals surface area contributed by atoms with Crippen LogP contribution in [0.25, 0.3) is 0 Å². The lowest BCUT2D eigenvalue weighted by atomic mass is 10.1. The Morgan fingerprint density at radius 2 is 2.00 bits per heavy atom. The van der Waals surface area contributed by atoms with Gasteiger partial charge in [0.15, 0.2) is 0 Å². The number of nitrogens with one attached hydrogen (secondary N) is 1. The molecular weight excluding hydrogens is 224 g/mol. The number of hydrogen-bond acceptors (Lipinski definition) is 4. The zero-order chi connectivity index (χ0) is 13.3. The molecule has 0 heterocycles. The fraction of sp³-hybridized carbons (Fsp3) is 0.818. The van der Waals surface area contributed by atoms with Gasteiger partial charge in [0.2, 0.25) is 5.91 Å². The Kier molecular flexibility index (Phi) is 8.35. The first-order chi connectivity index (χ1) is 7.93. The van der Waals surface area contributed by atoms with E-state index < -0.39 is 17.9 Å². The average molecular weight is 246 g/mol. The molecule has 1 amide bonds. The van der Waals surface area contributed by atoms with Gasteiger partial charge in [-0.05, 0) is 12.3 Å². The molecule has 17 heavy (non-hydrogen) atoms. The molecule has 0 aromatic rings. The Morgan fingerprint density at radius 3 is 2.53 bits per heavy atom. The van der Waals surface area contributed by atoms with E-state index in [1.165, 1.54) is 0 Å². The van der Waals surface area contributed by atoms with Crippen molar-refractivity contribution in [2.75, 3.05) is 19.8 Å². The lowest BCUT2D eigenvalue weighted by Gasteiger charge is -2.10. The van der Waals surface area contributed by atoms with Crippen LogP contribution in [-0.4, -0.2) is 42.8 Å². The van der Waals surface area contributed by atoms with Gasteiger partial charge < -0.3 is 20.9 Å². The molecule has 0 aliphatic carbocycles. The summed E-state index contributed by atoms with van der Waals surface area (Å²) in [5.74, 6) is -0.950. The van der Waals surface area contributed by atoms with E-state index in [0.29, 0.717) is 25.7 Å². The van der Waals surface area contributed by atoms with Crippen molar-refractivity contribution in [3.63, 3.8) is 0 Å². The van der Waals surface area contributed by atoms with Gasteiger partial charge in [0.1, 0.15) is 0 Å². The maximum absolute atomic E-state index is 11.3. The minimum atomic E-state index is -1.08. The molecule has 0 aliphatic rings. The van der Waals surface area contributed by atoms with Crippen LogP contribution in [0.1, 0.15) is 26.7 Å². The molecule has 0 bridgehead atoms. The van der Waals surface area contributed by atoms with Crippen LogP contribution >= 0.6 is 0 Å². The van der Waals surface area contributed by atoms with Crippen LogP contribution in [0.2, 0.25) is 0 Å². The Labute approximate surface area is 102 Å². The Morgan fingerprint density at radius 1 is 1.35 bits per heavy atom. The van der Waals surface area contributed by atoms with E-state index >= 15 is 0 Å². The van der Waals surface area contributed by atoms with Crippen molar-refractivity contribution in [2.24, 2.45) is 11.7 Å². The first kappa shape index (κ1) is 15.9. The molecule has 0 aromatic carbocycles. The first-order valence-electron chi connectivity index (χ1n) is 5.76. The zero-order valence-electron chi connectivity index (χ0n) is 10.4. The summed E-state index contributed by atoms with van der Waals surface area (Å²) in [6.45, 7) is 5.64. The van der Waals surface area contributed by atoms with Gasteiger partial charge in [-0.3, -0.25) is 9.59 Å². The number of carbonyl (C=O) groups is 2. The summed E-state index contributed by atoms with van der Waals surface area (Å²) in [6.07, 6.45) is 0.618. The maximum atomic E-state index is 11.3. The van der Waals surface area contributed by atoms with E-state index in [-0.39, 0.29) is 6.42 Å². The molecule has 0 spiro atoms. The number of amides is 1. The molecule has 0 fully saturated rings. The number of hydrogen-bond donors (Lipinski definition) is 3. The molecule has 4 N–H and O–H groups in total. The van der Waals surface area contributed by atoms with Crippen LogP contribution < -0.4 is 11.1 Å². The van der Waals surface area contributed by atoms with Gasteiger partial charge in [0, 0.05) is 13.2 Å². The highest BCUT2D eigenvalue weighted by molar-refractivity contribution is 5.85. The smallest absolute Gasteiger partial charge is 0.305 e. The van der Waals surface area contributed by atoms with Crippen molar-refractivity contribution in [2.45, 2.75) is 32.7 Å². The van der Waals surface area contributed by atoms with Crippen LogP contribution in [0.4, 0.5) is 0 Å². The second-order valence-electron chi connectivity index (χ2n) is 4.29. The van der Waals surface area contributed by atoms with Crippen molar-refractivity contribution < 1.29 is 19.4 Å². The minimum absolute atomic E-state index is 0.351. The SMILES string of the molecule is CC(C)CCOCCNC(=O)C(N)CC(=O)O. The van der Waals surface area contributed by atoms with Crippen LogP contribution in [0.3, 0.4) is 0 Å². The normalized spacial score (nSPS) is 12.5. The molecule has 0 saturated carbocycles. The molecular formula is C11H22N2O4. The van der Waals surface area contributed by atoms with Gasteiger partial charge in [-0.2, -0.15) is 0 Å². The van der Waals surface area contributed by atoms with Crippen LogP contribution in [0.15, 0.2) is 0 Å². The fourth-order valence-corrected chi connectivity index (χ4v) is 1.08. The van der Waals surface area contributed by atoms with Crippen molar-refractivity contribution >= 4 is 11.9 Å². The molecule has 0 saturated heterocycles. The minimum Gasteiger partial charge on any atom is -0.481 e. The number of carbonyl (C=O) groups excluding carboxylic acids is 1. The average Bonchev–Trinajstić information content (AvgIpc) is 2.21. The molecule has 100 valence electrons. The molecule has 0 aliphatic heterocycles. The Hall–Kier alpha value is -1.14. The third-order valence-corrected chi connectivity index (χ3v) is 2.12. The summed E-state index contributed by atoms with van der Waals surface area (Å²) in [5, 5.41) is 11.0. The van der Waals surface area contributed by atoms with E-state index in [0.717, 1.165) is 6.42 Å². The van der Waals surface area contributed by atoms with Gasteiger partial charge in [-0.25, -0.2) is 0 Å². The Bertz CT molecular complexity index is 244. The highest BCUT2D eigenvalue weighted by Gasteiger charge is 2.15. The topological polar surface area (TPSA) is 102 Å². The molecule has 1 atom stereocenters. The molecule has 0 aromatic heterocycles. The summed E-state index contributed by atoms with van der Waals surface area (Å²) in [7, 11) is 0. The third kappa shape index (κ3) is 9.77. The van der Waals surface area contributed by atoms with Crippen molar-refractivity contribution in [3.05, 3.63) is 0 Å². The van der Waals surface area contributed by atoms with Gasteiger partial charge in [-0.1, -0.05) is 13.8 Å². The van der Waals surface area contributed by atoms with E-state index in [9.17, 15) is 9.59 Å². The number of nitrogens with two attached hydrogens (primary N) is 1. The number of aliphatic carboxylic acids is 1. The number of carboxylic acids is 1. The second kappa shape index (κ2) is 8.95. The van der Waals surface area contributed by atoms with Gasteiger partial charge in [0.05, 0.1) is 19.1 Å². The zero-order valence-corrected chi connectivity index (χ0v) is 10.4. The highest BCUT2D eigenvalue weighted by Crippen LogP contribution is 1.98. The number of carboxylic acid groups (broad SMARTS) is 1. The van der Waals surface area contributed by atoms with Crippen LogP contribution in [0, 0.1) is 5.92 Å². The molecule has 6 heteroatoms. The summed E-state index contributed by atoms with van der Waals surface area (Å²) in [6, 6.07) is -0.997. The molecule has 6 nitrogen and oxygen atoms in total. The third-order valence-electron chi connectivity index (χ3n) is 2.12. The van der Waals surface area contributed by atoms with Gasteiger partial charge >= 0.3 is 5.97 Å². The molecule has 0 rings (SSSR count). The van der Waals surface area contributed by atoms with Gasteiger partial charge in [-0.15, -0.1) is 0 Å². The van der Waals surface area contributed by atoms with Crippen molar-refractivity contribution in [1.82, 2.24) is 5.32 Å². The van der Waals surface area contributed by atoms with Crippen molar-refractivity contribution in [1.29, 1.82) is 0 Å².